The van der Waals surface area contributed by atoms with Crippen LogP contribution in [0.15, 0.2) is 55.2 Å². The maximum atomic E-state index is 12.0. The van der Waals surface area contributed by atoms with E-state index in [1.54, 1.807) is 18.7 Å². The van der Waals surface area contributed by atoms with Crippen molar-refractivity contribution in [1.82, 2.24) is 19.9 Å². The lowest BCUT2D eigenvalue weighted by Crippen LogP contribution is -2.23. The predicted molar refractivity (Wildman–Crippen MR) is 104 cm³/mol. The molecule has 0 aliphatic heterocycles. The van der Waals surface area contributed by atoms with Crippen LogP contribution in [-0.2, 0) is 11.3 Å². The quantitative estimate of drug-likeness (QED) is 0.601. The summed E-state index contributed by atoms with van der Waals surface area (Å²) < 4.78 is 7.48. The molecule has 0 bridgehead atoms. The molecular formula is C20H21ClN4O2. The third-order valence-electron chi connectivity index (χ3n) is 4.01. The standard InChI is InChI=1S/C20H21ClN4O2/c1-15-11-17(4-5-18(15)21)27-10-2-3-20(26)24-13-16-6-7-23-19(12-16)25-9-8-22-14-25/h4-9,11-12,14H,2-3,10,13H2,1H3,(H,24,26). The van der Waals surface area contributed by atoms with Crippen LogP contribution < -0.4 is 10.1 Å². The van der Waals surface area contributed by atoms with Crippen LogP contribution in [0.3, 0.4) is 0 Å². The van der Waals surface area contributed by atoms with Crippen LogP contribution in [0.1, 0.15) is 24.0 Å². The van der Waals surface area contributed by atoms with Gasteiger partial charge >= 0.3 is 0 Å². The summed E-state index contributed by atoms with van der Waals surface area (Å²) >= 11 is 5.99. The monoisotopic (exact) mass is 384 g/mol. The zero-order chi connectivity index (χ0) is 19.1. The predicted octanol–water partition coefficient (Wildman–Crippen LogP) is 3.70. The smallest absolute Gasteiger partial charge is 0.220 e. The summed E-state index contributed by atoms with van der Waals surface area (Å²) in [6, 6.07) is 9.34. The number of pyridine rings is 1. The van der Waals surface area contributed by atoms with Crippen LogP contribution >= 0.6 is 11.6 Å². The first-order valence-electron chi connectivity index (χ1n) is 8.71. The van der Waals surface area contributed by atoms with Gasteiger partial charge in [-0.3, -0.25) is 9.36 Å². The van der Waals surface area contributed by atoms with Crippen molar-refractivity contribution < 1.29 is 9.53 Å². The van der Waals surface area contributed by atoms with Gasteiger partial charge < -0.3 is 10.1 Å². The second-order valence-electron chi connectivity index (χ2n) is 6.13. The van der Waals surface area contributed by atoms with Crippen molar-refractivity contribution in [2.45, 2.75) is 26.3 Å². The van der Waals surface area contributed by atoms with Gasteiger partial charge in [0, 0.05) is 36.6 Å². The van der Waals surface area contributed by atoms with Crippen molar-refractivity contribution in [3.05, 3.63) is 71.4 Å². The van der Waals surface area contributed by atoms with Gasteiger partial charge in [-0.15, -0.1) is 0 Å². The molecule has 1 amide bonds. The van der Waals surface area contributed by atoms with Crippen LogP contribution in [0, 0.1) is 6.92 Å². The van der Waals surface area contributed by atoms with Gasteiger partial charge in [-0.1, -0.05) is 11.6 Å². The van der Waals surface area contributed by atoms with Gasteiger partial charge in [-0.05, 0) is 54.8 Å². The van der Waals surface area contributed by atoms with E-state index >= 15 is 0 Å². The molecule has 0 radical (unpaired) electrons. The normalized spacial score (nSPS) is 10.6. The number of aryl methyl sites for hydroxylation is 1. The minimum absolute atomic E-state index is 0.00752. The fraction of sp³-hybridized carbons (Fsp3) is 0.250. The molecule has 7 heteroatoms. The lowest BCUT2D eigenvalue weighted by Gasteiger charge is -2.09. The highest BCUT2D eigenvalue weighted by Gasteiger charge is 2.04. The Morgan fingerprint density at radius 3 is 2.93 bits per heavy atom. The molecular weight excluding hydrogens is 364 g/mol. The Balaban J connectivity index is 1.40. The van der Waals surface area contributed by atoms with Crippen molar-refractivity contribution in [1.29, 1.82) is 0 Å². The van der Waals surface area contributed by atoms with E-state index < -0.39 is 0 Å². The highest BCUT2D eigenvalue weighted by Crippen LogP contribution is 2.21. The number of carbonyl (C=O) groups excluding carboxylic acids is 1. The van der Waals surface area contributed by atoms with Crippen LogP contribution in [-0.4, -0.2) is 27.0 Å². The molecule has 0 fully saturated rings. The van der Waals surface area contributed by atoms with Gasteiger partial charge in [-0.25, -0.2) is 9.97 Å². The van der Waals surface area contributed by atoms with E-state index in [1.807, 2.05) is 48.0 Å². The summed E-state index contributed by atoms with van der Waals surface area (Å²) in [5.41, 5.74) is 1.95. The number of amides is 1. The first kappa shape index (κ1) is 18.9. The third-order valence-corrected chi connectivity index (χ3v) is 4.44. The number of carbonyl (C=O) groups is 1. The fourth-order valence-corrected chi connectivity index (χ4v) is 2.64. The minimum Gasteiger partial charge on any atom is -0.494 e. The second kappa shape index (κ2) is 9.19. The van der Waals surface area contributed by atoms with Gasteiger partial charge in [0.15, 0.2) is 0 Å². The number of nitrogens with zero attached hydrogens (tertiary/aromatic N) is 3. The van der Waals surface area contributed by atoms with E-state index in [0.717, 1.165) is 22.7 Å². The molecule has 0 aliphatic rings. The summed E-state index contributed by atoms with van der Waals surface area (Å²) in [4.78, 5) is 20.3. The molecule has 2 heterocycles. The molecule has 2 aromatic heterocycles. The number of ether oxygens (including phenoxy) is 1. The van der Waals surface area contributed by atoms with E-state index in [4.69, 9.17) is 16.3 Å². The summed E-state index contributed by atoms with van der Waals surface area (Å²) in [7, 11) is 0. The molecule has 0 spiro atoms. The van der Waals surface area contributed by atoms with Crippen LogP contribution in [0.4, 0.5) is 0 Å². The Morgan fingerprint density at radius 1 is 1.26 bits per heavy atom. The van der Waals surface area contributed by atoms with E-state index in [0.29, 0.717) is 31.0 Å². The summed E-state index contributed by atoms with van der Waals surface area (Å²) in [5.74, 6) is 1.53. The molecule has 27 heavy (non-hydrogen) atoms. The second-order valence-corrected chi connectivity index (χ2v) is 6.54. The zero-order valence-corrected chi connectivity index (χ0v) is 15.8. The van der Waals surface area contributed by atoms with Gasteiger partial charge in [-0.2, -0.15) is 0 Å². The zero-order valence-electron chi connectivity index (χ0n) is 15.1. The first-order chi connectivity index (χ1) is 13.1. The molecule has 0 unspecified atom stereocenters. The largest absolute Gasteiger partial charge is 0.494 e. The Labute approximate surface area is 163 Å². The van der Waals surface area contributed by atoms with Crippen LogP contribution in [0.25, 0.3) is 5.82 Å². The van der Waals surface area contributed by atoms with E-state index in [-0.39, 0.29) is 5.91 Å². The molecule has 3 aromatic rings. The molecule has 1 aromatic carbocycles. The number of hydrogen-bond donors (Lipinski definition) is 1. The Morgan fingerprint density at radius 2 is 2.15 bits per heavy atom. The molecule has 140 valence electrons. The summed E-state index contributed by atoms with van der Waals surface area (Å²) in [6.07, 6.45) is 7.98. The van der Waals surface area contributed by atoms with Crippen molar-refractivity contribution in [3.8, 4) is 11.6 Å². The van der Waals surface area contributed by atoms with Crippen LogP contribution in [0.2, 0.25) is 5.02 Å². The Bertz CT molecular complexity index is 897. The molecule has 3 rings (SSSR count). The fourth-order valence-electron chi connectivity index (χ4n) is 2.53. The molecule has 1 N–H and O–H groups in total. The molecule has 0 saturated heterocycles. The highest BCUT2D eigenvalue weighted by atomic mass is 35.5. The first-order valence-corrected chi connectivity index (χ1v) is 9.08. The lowest BCUT2D eigenvalue weighted by molar-refractivity contribution is -0.121. The highest BCUT2D eigenvalue weighted by molar-refractivity contribution is 6.31. The number of benzene rings is 1. The molecule has 0 atom stereocenters. The number of hydrogen-bond acceptors (Lipinski definition) is 4. The Kier molecular flexibility index (Phi) is 6.44. The Hall–Kier alpha value is -2.86. The van der Waals surface area contributed by atoms with Gasteiger partial charge in [0.2, 0.25) is 5.91 Å². The molecule has 6 nitrogen and oxygen atoms in total. The number of rotatable bonds is 8. The SMILES string of the molecule is Cc1cc(OCCCC(=O)NCc2ccnc(-n3ccnc3)c2)ccc1Cl. The third kappa shape index (κ3) is 5.56. The maximum absolute atomic E-state index is 12.0. The number of aromatic nitrogens is 3. The minimum atomic E-state index is -0.00752. The summed E-state index contributed by atoms with van der Waals surface area (Å²) in [5, 5.41) is 3.64. The van der Waals surface area contributed by atoms with E-state index in [2.05, 4.69) is 15.3 Å². The number of halogens is 1. The topological polar surface area (TPSA) is 69.0 Å². The number of nitrogens with one attached hydrogen (secondary N) is 1. The van der Waals surface area contributed by atoms with Crippen LogP contribution in [0.5, 0.6) is 5.75 Å². The molecule has 0 aliphatic carbocycles. The average Bonchev–Trinajstić information content (AvgIpc) is 3.21. The van der Waals surface area contributed by atoms with Gasteiger partial charge in [0.05, 0.1) is 6.61 Å². The molecule has 0 saturated carbocycles. The van der Waals surface area contributed by atoms with E-state index in [1.165, 1.54) is 0 Å². The maximum Gasteiger partial charge on any atom is 0.220 e. The van der Waals surface area contributed by atoms with E-state index in [9.17, 15) is 4.79 Å². The summed E-state index contributed by atoms with van der Waals surface area (Å²) in [6.45, 7) is 2.87. The van der Waals surface area contributed by atoms with Crippen molar-refractivity contribution >= 4 is 17.5 Å². The van der Waals surface area contributed by atoms with Gasteiger partial charge in [0.25, 0.3) is 0 Å². The lowest BCUT2D eigenvalue weighted by atomic mass is 10.2. The number of imidazole rings is 1. The van der Waals surface area contributed by atoms with Crippen molar-refractivity contribution in [2.24, 2.45) is 0 Å². The van der Waals surface area contributed by atoms with Crippen molar-refractivity contribution in [3.63, 3.8) is 0 Å². The van der Waals surface area contributed by atoms with Gasteiger partial charge in [0.1, 0.15) is 17.9 Å². The average molecular weight is 385 g/mol. The van der Waals surface area contributed by atoms with Crippen molar-refractivity contribution in [2.75, 3.05) is 6.61 Å².